The topological polar surface area (TPSA) is 77.0 Å². The average molecular weight is 245 g/mol. The molecule has 6 nitrogen and oxygen atoms in total. The third-order valence-electron chi connectivity index (χ3n) is 2.99. The monoisotopic (exact) mass is 245 g/mol. The smallest absolute Gasteiger partial charge is 0.217 e. The maximum atomic E-state index is 11.1. The van der Waals surface area contributed by atoms with E-state index in [-0.39, 0.29) is 30.8 Å². The number of fused-ring (bicyclic) bond motifs is 1. The van der Waals surface area contributed by atoms with Gasteiger partial charge < -0.3 is 24.6 Å². The summed E-state index contributed by atoms with van der Waals surface area (Å²) in [5, 5.41) is 12.0. The molecular weight excluding hydrogens is 226 g/mol. The molecule has 0 aliphatic carbocycles. The molecule has 17 heavy (non-hydrogen) atoms. The van der Waals surface area contributed by atoms with E-state index in [0.29, 0.717) is 6.61 Å². The fourth-order valence-electron chi connectivity index (χ4n) is 2.37. The molecule has 0 unspecified atom stereocenters. The first-order valence-corrected chi connectivity index (χ1v) is 5.78. The van der Waals surface area contributed by atoms with E-state index >= 15 is 0 Å². The van der Waals surface area contributed by atoms with Gasteiger partial charge in [0, 0.05) is 6.92 Å². The Kier molecular flexibility index (Phi) is 3.40. The molecule has 0 radical (unpaired) electrons. The Morgan fingerprint density at radius 2 is 2.06 bits per heavy atom. The SMILES string of the molecule is CC(=O)N[C@@H]1CO[C@H](CO)[C@@H]2OC(C)(C)O[C@@H]21. The van der Waals surface area contributed by atoms with Crippen molar-refractivity contribution in [1.82, 2.24) is 5.32 Å². The summed E-state index contributed by atoms with van der Waals surface area (Å²) < 4.78 is 17.0. The summed E-state index contributed by atoms with van der Waals surface area (Å²) >= 11 is 0. The third-order valence-corrected chi connectivity index (χ3v) is 2.99. The first-order valence-electron chi connectivity index (χ1n) is 5.78. The van der Waals surface area contributed by atoms with E-state index in [2.05, 4.69) is 5.32 Å². The second-order valence-electron chi connectivity index (χ2n) is 4.93. The number of hydrogen-bond donors (Lipinski definition) is 2. The Bertz CT molecular complexity index is 306. The molecule has 2 fully saturated rings. The lowest BCUT2D eigenvalue weighted by molar-refractivity contribution is -0.157. The molecule has 2 saturated heterocycles. The van der Waals surface area contributed by atoms with Gasteiger partial charge in [-0.25, -0.2) is 0 Å². The van der Waals surface area contributed by atoms with Gasteiger partial charge in [-0.3, -0.25) is 4.79 Å². The molecular formula is C11H19NO5. The van der Waals surface area contributed by atoms with Crippen LogP contribution in [0.1, 0.15) is 20.8 Å². The summed E-state index contributed by atoms with van der Waals surface area (Å²) in [5.74, 6) is -0.846. The van der Waals surface area contributed by atoms with Gasteiger partial charge in [0.1, 0.15) is 18.3 Å². The van der Waals surface area contributed by atoms with E-state index in [9.17, 15) is 9.90 Å². The average Bonchev–Trinajstić information content (AvgIpc) is 2.53. The molecule has 0 aromatic rings. The van der Waals surface area contributed by atoms with Crippen LogP contribution >= 0.6 is 0 Å². The van der Waals surface area contributed by atoms with Gasteiger partial charge >= 0.3 is 0 Å². The molecule has 0 aromatic carbocycles. The minimum Gasteiger partial charge on any atom is -0.394 e. The summed E-state index contributed by atoms with van der Waals surface area (Å²) in [5.41, 5.74) is 0. The predicted octanol–water partition coefficient (Wildman–Crippen LogP) is -0.598. The highest BCUT2D eigenvalue weighted by Gasteiger charge is 2.51. The van der Waals surface area contributed by atoms with Crippen LogP contribution in [0.4, 0.5) is 0 Å². The molecule has 0 aromatic heterocycles. The first kappa shape index (κ1) is 12.8. The Hall–Kier alpha value is -0.690. The van der Waals surface area contributed by atoms with Gasteiger partial charge in [0.05, 0.1) is 19.3 Å². The number of aliphatic hydroxyl groups excluding tert-OH is 1. The molecule has 2 heterocycles. The molecule has 0 saturated carbocycles. The number of carbonyl (C=O) groups excluding carboxylic acids is 1. The van der Waals surface area contributed by atoms with Crippen LogP contribution in [0.25, 0.3) is 0 Å². The molecule has 0 spiro atoms. The largest absolute Gasteiger partial charge is 0.394 e. The van der Waals surface area contributed by atoms with Gasteiger partial charge in [-0.1, -0.05) is 0 Å². The number of rotatable bonds is 2. The zero-order valence-corrected chi connectivity index (χ0v) is 10.3. The lowest BCUT2D eigenvalue weighted by Crippen LogP contribution is -2.58. The highest BCUT2D eigenvalue weighted by Crippen LogP contribution is 2.35. The number of amides is 1. The van der Waals surface area contributed by atoms with Crippen LogP contribution in [0.5, 0.6) is 0 Å². The van der Waals surface area contributed by atoms with Crippen molar-refractivity contribution < 1.29 is 24.1 Å². The predicted molar refractivity (Wildman–Crippen MR) is 58.3 cm³/mol. The van der Waals surface area contributed by atoms with Gasteiger partial charge in [0.15, 0.2) is 5.79 Å². The number of nitrogens with one attached hydrogen (secondary N) is 1. The minimum atomic E-state index is -0.715. The fraction of sp³-hybridized carbons (Fsp3) is 0.909. The van der Waals surface area contributed by atoms with Crippen molar-refractivity contribution in [2.45, 2.75) is 50.9 Å². The molecule has 98 valence electrons. The molecule has 2 N–H and O–H groups in total. The minimum absolute atomic E-state index is 0.118. The molecule has 2 aliphatic rings. The van der Waals surface area contributed by atoms with Crippen molar-refractivity contribution in [3.63, 3.8) is 0 Å². The summed E-state index contributed by atoms with van der Waals surface area (Å²) in [6.45, 7) is 5.28. The maximum absolute atomic E-state index is 11.1. The van der Waals surface area contributed by atoms with E-state index < -0.39 is 11.9 Å². The van der Waals surface area contributed by atoms with E-state index in [4.69, 9.17) is 14.2 Å². The van der Waals surface area contributed by atoms with Gasteiger partial charge in [-0.05, 0) is 13.8 Å². The summed E-state index contributed by atoms with van der Waals surface area (Å²) in [4.78, 5) is 11.1. The summed E-state index contributed by atoms with van der Waals surface area (Å²) in [6, 6.07) is -0.234. The lowest BCUT2D eigenvalue weighted by Gasteiger charge is -2.36. The van der Waals surface area contributed by atoms with Crippen LogP contribution in [0.15, 0.2) is 0 Å². The quantitative estimate of drug-likeness (QED) is 0.679. The third kappa shape index (κ3) is 2.60. The Morgan fingerprint density at radius 3 is 2.65 bits per heavy atom. The number of hydrogen-bond acceptors (Lipinski definition) is 5. The van der Waals surface area contributed by atoms with Crippen molar-refractivity contribution in [2.75, 3.05) is 13.2 Å². The number of aliphatic hydroxyl groups is 1. The van der Waals surface area contributed by atoms with Crippen molar-refractivity contribution in [3.8, 4) is 0 Å². The van der Waals surface area contributed by atoms with E-state index in [1.54, 1.807) is 0 Å². The van der Waals surface area contributed by atoms with Crippen LogP contribution in [-0.4, -0.2) is 54.4 Å². The van der Waals surface area contributed by atoms with Crippen molar-refractivity contribution in [1.29, 1.82) is 0 Å². The van der Waals surface area contributed by atoms with Crippen molar-refractivity contribution in [2.24, 2.45) is 0 Å². The maximum Gasteiger partial charge on any atom is 0.217 e. The van der Waals surface area contributed by atoms with E-state index in [0.717, 1.165) is 0 Å². The molecule has 2 rings (SSSR count). The molecule has 0 bridgehead atoms. The Labute approximate surface area is 100 Å². The lowest BCUT2D eigenvalue weighted by atomic mass is 9.98. The zero-order valence-electron chi connectivity index (χ0n) is 10.3. The Morgan fingerprint density at radius 1 is 1.41 bits per heavy atom. The number of ether oxygens (including phenoxy) is 3. The first-order chi connectivity index (χ1) is 7.93. The number of carbonyl (C=O) groups is 1. The molecule has 2 aliphatic heterocycles. The fourth-order valence-corrected chi connectivity index (χ4v) is 2.37. The van der Waals surface area contributed by atoms with Crippen LogP contribution in [0.3, 0.4) is 0 Å². The van der Waals surface area contributed by atoms with Crippen molar-refractivity contribution >= 4 is 5.91 Å². The van der Waals surface area contributed by atoms with Crippen LogP contribution < -0.4 is 5.32 Å². The summed E-state index contributed by atoms with van der Waals surface area (Å²) in [6.07, 6.45) is -1.02. The highest BCUT2D eigenvalue weighted by atomic mass is 16.8. The van der Waals surface area contributed by atoms with Gasteiger partial charge in [0.2, 0.25) is 5.91 Å². The van der Waals surface area contributed by atoms with E-state index in [1.807, 2.05) is 13.8 Å². The molecule has 6 heteroatoms. The van der Waals surface area contributed by atoms with Crippen LogP contribution in [-0.2, 0) is 19.0 Å². The van der Waals surface area contributed by atoms with Crippen LogP contribution in [0.2, 0.25) is 0 Å². The second kappa shape index (κ2) is 4.53. The van der Waals surface area contributed by atoms with Crippen molar-refractivity contribution in [3.05, 3.63) is 0 Å². The normalized spacial score (nSPS) is 39.8. The summed E-state index contributed by atoms with van der Waals surface area (Å²) in [7, 11) is 0. The highest BCUT2D eigenvalue weighted by molar-refractivity contribution is 5.73. The second-order valence-corrected chi connectivity index (χ2v) is 4.93. The zero-order chi connectivity index (χ0) is 12.6. The van der Waals surface area contributed by atoms with Crippen LogP contribution in [0, 0.1) is 0 Å². The van der Waals surface area contributed by atoms with E-state index in [1.165, 1.54) is 6.92 Å². The Balaban J connectivity index is 2.12. The molecule has 4 atom stereocenters. The standard InChI is InChI=1S/C11H19NO5/c1-6(14)12-7-5-15-8(4-13)10-9(7)16-11(2,3)17-10/h7-10,13H,4-5H2,1-3H3,(H,12,14)/t7-,8-,9-,10+/m1/s1. The van der Waals surface area contributed by atoms with Gasteiger partial charge in [-0.15, -0.1) is 0 Å². The molecule has 1 amide bonds. The van der Waals surface area contributed by atoms with Gasteiger partial charge in [0.25, 0.3) is 0 Å². The van der Waals surface area contributed by atoms with Gasteiger partial charge in [-0.2, -0.15) is 0 Å².